The number of likely N-dealkylation sites (tertiary alicyclic amines) is 1. The lowest BCUT2D eigenvalue weighted by molar-refractivity contribution is 0.0686. The third-order valence-corrected chi connectivity index (χ3v) is 4.92. The molecular formula is C19H30N2O4. The second-order valence-corrected chi connectivity index (χ2v) is 7.41. The Balaban J connectivity index is 1.75. The van der Waals surface area contributed by atoms with Gasteiger partial charge >= 0.3 is 0 Å². The van der Waals surface area contributed by atoms with Gasteiger partial charge in [-0.3, -0.25) is 4.90 Å². The van der Waals surface area contributed by atoms with Gasteiger partial charge in [0.1, 0.15) is 19.0 Å². The van der Waals surface area contributed by atoms with E-state index >= 15 is 0 Å². The summed E-state index contributed by atoms with van der Waals surface area (Å²) in [6.45, 7) is 5.19. The number of nitrogens with zero attached hydrogens (tertiary/aromatic N) is 2. The summed E-state index contributed by atoms with van der Waals surface area (Å²) in [6.07, 6.45) is 1.09. The molecule has 1 fully saturated rings. The van der Waals surface area contributed by atoms with Gasteiger partial charge in [-0.1, -0.05) is 0 Å². The molecule has 1 aromatic carbocycles. The summed E-state index contributed by atoms with van der Waals surface area (Å²) in [6, 6.07) is 3.96. The Bertz CT molecular complexity index is 579. The SMILES string of the molecule is COc1cc2c(cc1CN1C[C@@H](CN(C)C)C[C@H](CO)C1)OCCO2. The Kier molecular flexibility index (Phi) is 6.04. The van der Waals surface area contributed by atoms with Gasteiger partial charge in [-0.15, -0.1) is 0 Å². The van der Waals surface area contributed by atoms with E-state index in [1.165, 1.54) is 0 Å². The zero-order valence-electron chi connectivity index (χ0n) is 15.5. The third-order valence-electron chi connectivity index (χ3n) is 4.92. The lowest BCUT2D eigenvalue weighted by Gasteiger charge is -2.38. The first-order valence-electron chi connectivity index (χ1n) is 9.03. The van der Waals surface area contributed by atoms with Gasteiger partial charge in [-0.25, -0.2) is 0 Å². The van der Waals surface area contributed by atoms with E-state index in [4.69, 9.17) is 14.2 Å². The number of hydrogen-bond donors (Lipinski definition) is 1. The normalized spacial score (nSPS) is 23.7. The molecule has 6 heteroatoms. The Morgan fingerprint density at radius 3 is 2.48 bits per heavy atom. The lowest BCUT2D eigenvalue weighted by Crippen LogP contribution is -2.44. The van der Waals surface area contributed by atoms with Gasteiger partial charge < -0.3 is 24.2 Å². The molecule has 6 nitrogen and oxygen atoms in total. The van der Waals surface area contributed by atoms with E-state index < -0.39 is 0 Å². The number of ether oxygens (including phenoxy) is 3. The maximum absolute atomic E-state index is 9.68. The van der Waals surface area contributed by atoms with E-state index in [1.54, 1.807) is 7.11 Å². The number of rotatable bonds is 6. The molecule has 2 atom stereocenters. The number of hydrogen-bond acceptors (Lipinski definition) is 6. The van der Waals surface area contributed by atoms with Crippen LogP contribution in [0.4, 0.5) is 0 Å². The summed E-state index contributed by atoms with van der Waals surface area (Å²) in [5, 5.41) is 9.68. The van der Waals surface area contributed by atoms with E-state index in [0.29, 0.717) is 25.0 Å². The first-order valence-corrected chi connectivity index (χ1v) is 9.03. The smallest absolute Gasteiger partial charge is 0.165 e. The van der Waals surface area contributed by atoms with Crippen molar-refractivity contribution < 1.29 is 19.3 Å². The highest BCUT2D eigenvalue weighted by atomic mass is 16.6. The highest BCUT2D eigenvalue weighted by Crippen LogP contribution is 2.37. The van der Waals surface area contributed by atoms with Crippen LogP contribution < -0.4 is 14.2 Å². The van der Waals surface area contributed by atoms with Crippen LogP contribution in [0.25, 0.3) is 0 Å². The van der Waals surface area contributed by atoms with Gasteiger partial charge in [0.15, 0.2) is 11.5 Å². The summed E-state index contributed by atoms with van der Waals surface area (Å²) in [5.74, 6) is 3.29. The van der Waals surface area contributed by atoms with Crippen molar-refractivity contribution in [2.24, 2.45) is 11.8 Å². The zero-order valence-corrected chi connectivity index (χ0v) is 15.5. The Labute approximate surface area is 150 Å². The van der Waals surface area contributed by atoms with E-state index in [-0.39, 0.29) is 6.61 Å². The van der Waals surface area contributed by atoms with Gasteiger partial charge in [0.05, 0.1) is 7.11 Å². The van der Waals surface area contributed by atoms with Crippen LogP contribution >= 0.6 is 0 Å². The number of aliphatic hydroxyl groups excluding tert-OH is 1. The largest absolute Gasteiger partial charge is 0.496 e. The molecule has 0 radical (unpaired) electrons. The maximum Gasteiger partial charge on any atom is 0.165 e. The molecule has 25 heavy (non-hydrogen) atoms. The van der Waals surface area contributed by atoms with Crippen molar-refractivity contribution in [1.29, 1.82) is 0 Å². The Morgan fingerprint density at radius 1 is 1.16 bits per heavy atom. The molecule has 0 amide bonds. The first-order chi connectivity index (χ1) is 12.1. The monoisotopic (exact) mass is 350 g/mol. The molecule has 0 saturated carbocycles. The fourth-order valence-electron chi connectivity index (χ4n) is 4.00. The fraction of sp³-hybridized carbons (Fsp3) is 0.684. The standard InChI is InChI=1S/C19H30N2O4/c1-20(2)9-14-6-15(13-22)11-21(10-14)12-16-7-18-19(8-17(16)23-3)25-5-4-24-18/h7-8,14-15,22H,4-6,9-13H2,1-3H3/t14-,15+/m1/s1. The summed E-state index contributed by atoms with van der Waals surface area (Å²) in [4.78, 5) is 4.65. The van der Waals surface area contributed by atoms with Gasteiger partial charge in [0.25, 0.3) is 0 Å². The van der Waals surface area contributed by atoms with Gasteiger partial charge in [-0.05, 0) is 38.4 Å². The molecule has 0 bridgehead atoms. The molecule has 2 aliphatic rings. The molecule has 140 valence electrons. The van der Waals surface area contributed by atoms with Crippen LogP contribution in [0.1, 0.15) is 12.0 Å². The van der Waals surface area contributed by atoms with Crippen LogP contribution in [0.5, 0.6) is 17.2 Å². The molecule has 1 N–H and O–H groups in total. The minimum absolute atomic E-state index is 0.249. The second-order valence-electron chi connectivity index (χ2n) is 7.41. The molecule has 0 aliphatic carbocycles. The van der Waals surface area contributed by atoms with E-state index in [9.17, 15) is 5.11 Å². The fourth-order valence-corrected chi connectivity index (χ4v) is 4.00. The van der Waals surface area contributed by atoms with Crippen molar-refractivity contribution in [1.82, 2.24) is 9.80 Å². The third kappa shape index (κ3) is 4.57. The second kappa shape index (κ2) is 8.25. The molecule has 2 heterocycles. The summed E-state index contributed by atoms with van der Waals surface area (Å²) < 4.78 is 16.9. The zero-order chi connectivity index (χ0) is 17.8. The molecule has 3 rings (SSSR count). The molecule has 1 saturated heterocycles. The number of fused-ring (bicyclic) bond motifs is 1. The summed E-state index contributed by atoms with van der Waals surface area (Å²) in [7, 11) is 5.91. The van der Waals surface area contributed by atoms with Crippen LogP contribution in [-0.2, 0) is 6.54 Å². The average Bonchev–Trinajstić information content (AvgIpc) is 2.60. The Hall–Kier alpha value is -1.50. The predicted octanol–water partition coefficient (Wildman–Crippen LogP) is 1.46. The van der Waals surface area contributed by atoms with Crippen LogP contribution in [0.2, 0.25) is 0 Å². The molecule has 2 aliphatic heterocycles. The van der Waals surface area contributed by atoms with Crippen molar-refractivity contribution in [3.8, 4) is 17.2 Å². The van der Waals surface area contributed by atoms with E-state index in [0.717, 1.165) is 55.4 Å². The summed E-state index contributed by atoms with van der Waals surface area (Å²) >= 11 is 0. The van der Waals surface area contributed by atoms with Gasteiger partial charge in [0.2, 0.25) is 0 Å². The number of methoxy groups -OCH3 is 1. The number of aliphatic hydroxyl groups is 1. The van der Waals surface area contributed by atoms with Crippen molar-refractivity contribution >= 4 is 0 Å². The summed E-state index contributed by atoms with van der Waals surface area (Å²) in [5.41, 5.74) is 1.11. The van der Waals surface area contributed by atoms with Crippen LogP contribution in [0.3, 0.4) is 0 Å². The number of piperidine rings is 1. The molecular weight excluding hydrogens is 320 g/mol. The van der Waals surface area contributed by atoms with E-state index in [2.05, 4.69) is 23.9 Å². The highest BCUT2D eigenvalue weighted by molar-refractivity contribution is 5.51. The quantitative estimate of drug-likeness (QED) is 0.838. The molecule has 1 aromatic rings. The maximum atomic E-state index is 9.68. The Morgan fingerprint density at radius 2 is 1.84 bits per heavy atom. The minimum atomic E-state index is 0.249. The molecule has 0 spiro atoms. The van der Waals surface area contributed by atoms with Crippen LogP contribution in [-0.4, -0.2) is 75.6 Å². The van der Waals surface area contributed by atoms with Crippen molar-refractivity contribution in [2.75, 3.05) is 60.7 Å². The van der Waals surface area contributed by atoms with Crippen molar-refractivity contribution in [3.63, 3.8) is 0 Å². The number of benzene rings is 1. The highest BCUT2D eigenvalue weighted by Gasteiger charge is 2.28. The van der Waals surface area contributed by atoms with Crippen LogP contribution in [0, 0.1) is 11.8 Å². The average molecular weight is 350 g/mol. The van der Waals surface area contributed by atoms with Crippen LogP contribution in [0.15, 0.2) is 12.1 Å². The molecule has 0 aromatic heterocycles. The van der Waals surface area contributed by atoms with Gasteiger partial charge in [-0.2, -0.15) is 0 Å². The molecule has 0 unspecified atom stereocenters. The lowest BCUT2D eigenvalue weighted by atomic mass is 9.89. The predicted molar refractivity (Wildman–Crippen MR) is 96.5 cm³/mol. The van der Waals surface area contributed by atoms with Crippen molar-refractivity contribution in [2.45, 2.75) is 13.0 Å². The van der Waals surface area contributed by atoms with E-state index in [1.807, 2.05) is 12.1 Å². The minimum Gasteiger partial charge on any atom is -0.496 e. The topological polar surface area (TPSA) is 54.4 Å². The van der Waals surface area contributed by atoms with Crippen molar-refractivity contribution in [3.05, 3.63) is 17.7 Å². The first kappa shape index (κ1) is 18.3. The van der Waals surface area contributed by atoms with Gasteiger partial charge in [0, 0.05) is 44.4 Å².